The fourth-order valence-electron chi connectivity index (χ4n) is 2.06. The van der Waals surface area contributed by atoms with Gasteiger partial charge in [0, 0.05) is 12.1 Å². The number of rotatable bonds is 0. The van der Waals surface area contributed by atoms with E-state index >= 15 is 0 Å². The SMILES string of the molecule is CC(C)(C)OC(=O)N1CCCc2c(N)ncnc2C1. The maximum Gasteiger partial charge on any atom is 0.410 e. The van der Waals surface area contributed by atoms with Crippen LogP contribution in [0.2, 0.25) is 0 Å². The fraction of sp³-hybridized carbons (Fsp3) is 0.615. The summed E-state index contributed by atoms with van der Waals surface area (Å²) in [5, 5.41) is 0. The van der Waals surface area contributed by atoms with Gasteiger partial charge in [0.2, 0.25) is 0 Å². The molecule has 0 aromatic carbocycles. The Bertz CT molecular complexity index is 482. The van der Waals surface area contributed by atoms with Crippen molar-refractivity contribution in [2.24, 2.45) is 0 Å². The maximum atomic E-state index is 12.1. The largest absolute Gasteiger partial charge is 0.444 e. The first kappa shape index (κ1) is 13.6. The van der Waals surface area contributed by atoms with Crippen LogP contribution in [0.3, 0.4) is 0 Å². The standard InChI is InChI=1S/C13H20N4O2/c1-13(2,3)19-12(18)17-6-4-5-9-10(7-17)15-8-16-11(9)14/h8H,4-7H2,1-3H3,(H2,14,15,16). The summed E-state index contributed by atoms with van der Waals surface area (Å²) in [4.78, 5) is 22.0. The molecule has 0 unspecified atom stereocenters. The number of ether oxygens (including phenoxy) is 1. The highest BCUT2D eigenvalue weighted by Gasteiger charge is 2.25. The van der Waals surface area contributed by atoms with Crippen molar-refractivity contribution in [1.29, 1.82) is 0 Å². The minimum Gasteiger partial charge on any atom is -0.444 e. The van der Waals surface area contributed by atoms with Gasteiger partial charge < -0.3 is 15.4 Å². The van der Waals surface area contributed by atoms with Gasteiger partial charge in [0.05, 0.1) is 12.2 Å². The van der Waals surface area contributed by atoms with Crippen molar-refractivity contribution in [2.75, 3.05) is 12.3 Å². The zero-order valence-electron chi connectivity index (χ0n) is 11.6. The van der Waals surface area contributed by atoms with E-state index in [0.29, 0.717) is 18.9 Å². The molecule has 1 aliphatic rings. The number of carbonyl (C=O) groups excluding carboxylic acids is 1. The lowest BCUT2D eigenvalue weighted by molar-refractivity contribution is 0.0234. The van der Waals surface area contributed by atoms with Crippen molar-refractivity contribution in [2.45, 2.75) is 45.8 Å². The molecule has 104 valence electrons. The molecule has 0 saturated carbocycles. The van der Waals surface area contributed by atoms with E-state index in [0.717, 1.165) is 24.1 Å². The Hall–Kier alpha value is -1.85. The van der Waals surface area contributed by atoms with Crippen LogP contribution in [0.4, 0.5) is 10.6 Å². The number of fused-ring (bicyclic) bond motifs is 1. The molecule has 0 aliphatic carbocycles. The van der Waals surface area contributed by atoms with Crippen LogP contribution < -0.4 is 5.73 Å². The summed E-state index contributed by atoms with van der Waals surface area (Å²) >= 11 is 0. The van der Waals surface area contributed by atoms with Crippen molar-refractivity contribution in [3.05, 3.63) is 17.6 Å². The summed E-state index contributed by atoms with van der Waals surface area (Å²) in [6.45, 7) is 6.64. The highest BCUT2D eigenvalue weighted by molar-refractivity contribution is 5.68. The summed E-state index contributed by atoms with van der Waals surface area (Å²) in [5.74, 6) is 0.510. The van der Waals surface area contributed by atoms with E-state index in [2.05, 4.69) is 9.97 Å². The van der Waals surface area contributed by atoms with Crippen LogP contribution in [-0.2, 0) is 17.7 Å². The van der Waals surface area contributed by atoms with Crippen molar-refractivity contribution < 1.29 is 9.53 Å². The van der Waals surface area contributed by atoms with Crippen LogP contribution in [0.1, 0.15) is 38.4 Å². The molecule has 1 aromatic rings. The van der Waals surface area contributed by atoms with E-state index in [-0.39, 0.29) is 6.09 Å². The third-order valence-electron chi connectivity index (χ3n) is 2.92. The van der Waals surface area contributed by atoms with Gasteiger partial charge in [-0.05, 0) is 33.6 Å². The third kappa shape index (κ3) is 3.33. The molecular weight excluding hydrogens is 244 g/mol. The quantitative estimate of drug-likeness (QED) is 0.772. The highest BCUT2D eigenvalue weighted by Crippen LogP contribution is 2.21. The number of nitrogens with zero attached hydrogens (tertiary/aromatic N) is 3. The van der Waals surface area contributed by atoms with Crippen molar-refractivity contribution in [3.8, 4) is 0 Å². The van der Waals surface area contributed by atoms with Crippen molar-refractivity contribution in [3.63, 3.8) is 0 Å². The molecule has 2 N–H and O–H groups in total. The molecule has 6 heteroatoms. The van der Waals surface area contributed by atoms with Gasteiger partial charge in [-0.15, -0.1) is 0 Å². The molecule has 1 aliphatic heterocycles. The maximum absolute atomic E-state index is 12.1. The Morgan fingerprint density at radius 2 is 2.16 bits per heavy atom. The van der Waals surface area contributed by atoms with Gasteiger partial charge in [0.1, 0.15) is 17.7 Å². The normalized spacial score (nSPS) is 15.6. The van der Waals surface area contributed by atoms with Crippen LogP contribution in [0.15, 0.2) is 6.33 Å². The van der Waals surface area contributed by atoms with E-state index in [1.807, 2.05) is 20.8 Å². The topological polar surface area (TPSA) is 81.3 Å². The predicted octanol–water partition coefficient (Wildman–Crippen LogP) is 1.74. The number of carbonyl (C=O) groups is 1. The number of nitrogen functional groups attached to an aromatic ring is 1. The van der Waals surface area contributed by atoms with Crippen LogP contribution in [0, 0.1) is 0 Å². The van der Waals surface area contributed by atoms with Crippen LogP contribution in [0.5, 0.6) is 0 Å². The summed E-state index contributed by atoms with van der Waals surface area (Å²) in [6.07, 6.45) is 2.76. The average molecular weight is 264 g/mol. The summed E-state index contributed by atoms with van der Waals surface area (Å²) in [5.41, 5.74) is 7.13. The number of aromatic nitrogens is 2. The first-order valence-electron chi connectivity index (χ1n) is 6.43. The fourth-order valence-corrected chi connectivity index (χ4v) is 2.06. The molecule has 0 radical (unpaired) electrons. The van der Waals surface area contributed by atoms with Gasteiger partial charge in [-0.2, -0.15) is 0 Å². The smallest absolute Gasteiger partial charge is 0.410 e. The lowest BCUT2D eigenvalue weighted by atomic mass is 10.1. The number of hydrogen-bond donors (Lipinski definition) is 1. The van der Waals surface area contributed by atoms with Crippen LogP contribution >= 0.6 is 0 Å². The van der Waals surface area contributed by atoms with Crippen molar-refractivity contribution in [1.82, 2.24) is 14.9 Å². The average Bonchev–Trinajstić information content (AvgIpc) is 2.50. The number of nitrogens with two attached hydrogens (primary N) is 1. The van der Waals surface area contributed by atoms with Gasteiger partial charge >= 0.3 is 6.09 Å². The van der Waals surface area contributed by atoms with E-state index in [1.54, 1.807) is 4.90 Å². The first-order valence-corrected chi connectivity index (χ1v) is 6.43. The highest BCUT2D eigenvalue weighted by atomic mass is 16.6. The summed E-state index contributed by atoms with van der Waals surface area (Å²) in [6, 6.07) is 0. The second kappa shape index (κ2) is 5.03. The van der Waals surface area contributed by atoms with Crippen molar-refractivity contribution >= 4 is 11.9 Å². The van der Waals surface area contributed by atoms with Gasteiger partial charge in [0.15, 0.2) is 0 Å². The van der Waals surface area contributed by atoms with Crippen LogP contribution in [0.25, 0.3) is 0 Å². The van der Waals surface area contributed by atoms with Crippen LogP contribution in [-0.4, -0.2) is 33.1 Å². The molecule has 2 heterocycles. The molecule has 6 nitrogen and oxygen atoms in total. The van der Waals surface area contributed by atoms with Gasteiger partial charge in [-0.1, -0.05) is 0 Å². The lowest BCUT2D eigenvalue weighted by Crippen LogP contribution is -2.36. The Balaban J connectivity index is 2.16. The Labute approximate surface area is 113 Å². The number of amides is 1. The molecular formula is C13H20N4O2. The number of anilines is 1. The zero-order chi connectivity index (χ0) is 14.0. The molecule has 0 atom stereocenters. The second-order valence-electron chi connectivity index (χ2n) is 5.69. The van der Waals surface area contributed by atoms with E-state index in [1.165, 1.54) is 6.33 Å². The van der Waals surface area contributed by atoms with Gasteiger partial charge in [0.25, 0.3) is 0 Å². The molecule has 0 spiro atoms. The Kier molecular flexibility index (Phi) is 3.59. The molecule has 1 amide bonds. The van der Waals surface area contributed by atoms with E-state index in [4.69, 9.17) is 10.5 Å². The predicted molar refractivity (Wildman–Crippen MR) is 71.4 cm³/mol. The molecule has 1 aromatic heterocycles. The minimum absolute atomic E-state index is 0.308. The molecule has 0 saturated heterocycles. The Morgan fingerprint density at radius 1 is 1.42 bits per heavy atom. The minimum atomic E-state index is -0.489. The van der Waals surface area contributed by atoms with E-state index < -0.39 is 5.60 Å². The number of hydrogen-bond acceptors (Lipinski definition) is 5. The molecule has 2 rings (SSSR count). The zero-order valence-corrected chi connectivity index (χ0v) is 11.6. The first-order chi connectivity index (χ1) is 8.87. The van der Waals surface area contributed by atoms with Gasteiger partial charge in [-0.25, -0.2) is 14.8 Å². The third-order valence-corrected chi connectivity index (χ3v) is 2.92. The Morgan fingerprint density at radius 3 is 2.84 bits per heavy atom. The summed E-state index contributed by atoms with van der Waals surface area (Å²) in [7, 11) is 0. The van der Waals surface area contributed by atoms with Gasteiger partial charge in [-0.3, -0.25) is 0 Å². The monoisotopic (exact) mass is 264 g/mol. The molecule has 0 fully saturated rings. The molecule has 0 bridgehead atoms. The van der Waals surface area contributed by atoms with E-state index in [9.17, 15) is 4.79 Å². The second-order valence-corrected chi connectivity index (χ2v) is 5.69. The molecule has 19 heavy (non-hydrogen) atoms. The lowest BCUT2D eigenvalue weighted by Gasteiger charge is -2.26. The summed E-state index contributed by atoms with van der Waals surface area (Å²) < 4.78 is 5.39.